The maximum atomic E-state index is 11.7. The van der Waals surface area contributed by atoms with Gasteiger partial charge in [0.15, 0.2) is 0 Å². The molecule has 0 spiro atoms. The van der Waals surface area contributed by atoms with Gasteiger partial charge in [0.2, 0.25) is 0 Å². The summed E-state index contributed by atoms with van der Waals surface area (Å²) in [5, 5.41) is 1.05. The Morgan fingerprint density at radius 1 is 1.18 bits per heavy atom. The molecular weight excluding hydrogens is 234 g/mol. The summed E-state index contributed by atoms with van der Waals surface area (Å²) in [5.41, 5.74) is 3.57. The molecule has 0 saturated heterocycles. The molecule has 2 aromatic rings. The van der Waals surface area contributed by atoms with E-state index in [9.17, 15) is 4.21 Å². The fraction of sp³-hybridized carbons (Fsp3) is 0.333. The third-order valence-corrected chi connectivity index (χ3v) is 3.09. The maximum absolute atomic E-state index is 11.7. The summed E-state index contributed by atoms with van der Waals surface area (Å²) in [6.45, 7) is 3.95. The summed E-state index contributed by atoms with van der Waals surface area (Å²) in [6, 6.07) is 3.77. The highest BCUT2D eigenvalue weighted by molar-refractivity contribution is 7.92. The average Bonchev–Trinajstić information content (AvgIpc) is 2.13. The monoisotopic (exact) mass is 249 g/mol. The molecule has 0 aliphatic carbocycles. The van der Waals surface area contributed by atoms with Gasteiger partial charge in [-0.2, -0.15) is 4.36 Å². The molecule has 0 aliphatic rings. The van der Waals surface area contributed by atoms with Crippen molar-refractivity contribution in [2.45, 2.75) is 13.8 Å². The lowest BCUT2D eigenvalue weighted by atomic mass is 10.1. The molecule has 0 unspecified atom stereocenters. The molecule has 1 aromatic heterocycles. The van der Waals surface area contributed by atoms with Crippen LogP contribution in [0.25, 0.3) is 10.9 Å². The van der Waals surface area contributed by atoms with E-state index in [-0.39, 0.29) is 0 Å². The molecule has 0 aliphatic heterocycles. The highest BCUT2D eigenvalue weighted by Crippen LogP contribution is 2.25. The van der Waals surface area contributed by atoms with Crippen molar-refractivity contribution in [1.82, 2.24) is 9.97 Å². The lowest BCUT2D eigenvalue weighted by molar-refractivity contribution is 0.684. The third-order valence-electron chi connectivity index (χ3n) is 2.43. The van der Waals surface area contributed by atoms with E-state index in [4.69, 9.17) is 0 Å². The van der Waals surface area contributed by atoms with E-state index in [0.29, 0.717) is 5.69 Å². The second kappa shape index (κ2) is 4.07. The van der Waals surface area contributed by atoms with Crippen molar-refractivity contribution >= 4 is 26.3 Å². The van der Waals surface area contributed by atoms with E-state index in [1.165, 1.54) is 6.33 Å². The molecule has 17 heavy (non-hydrogen) atoms. The van der Waals surface area contributed by atoms with Gasteiger partial charge in [-0.3, -0.25) is 0 Å². The third kappa shape index (κ3) is 2.61. The molecule has 0 saturated carbocycles. The van der Waals surface area contributed by atoms with E-state index >= 15 is 0 Å². The van der Waals surface area contributed by atoms with Gasteiger partial charge in [-0.15, -0.1) is 0 Å². The van der Waals surface area contributed by atoms with E-state index in [2.05, 4.69) is 14.3 Å². The van der Waals surface area contributed by atoms with Gasteiger partial charge in [0, 0.05) is 33.3 Å². The molecule has 5 heteroatoms. The van der Waals surface area contributed by atoms with Gasteiger partial charge in [-0.1, -0.05) is 0 Å². The van der Waals surface area contributed by atoms with Crippen molar-refractivity contribution in [3.05, 3.63) is 29.7 Å². The predicted octanol–water partition coefficient (Wildman–Crippen LogP) is 2.61. The topological polar surface area (TPSA) is 55.2 Å². The van der Waals surface area contributed by atoms with Crippen LogP contribution < -0.4 is 0 Å². The number of aryl methyl sites for hydroxylation is 2. The highest BCUT2D eigenvalue weighted by Gasteiger charge is 2.05. The highest BCUT2D eigenvalue weighted by atomic mass is 32.2. The summed E-state index contributed by atoms with van der Waals surface area (Å²) in [4.78, 5) is 8.40. The van der Waals surface area contributed by atoms with Crippen LogP contribution in [0.15, 0.2) is 22.8 Å². The minimum absolute atomic E-state index is 0.711. The standard InChI is InChI=1S/C12H15N3OS/c1-8-5-10(15-17(3,4)16)6-11-12(8)9(2)13-7-14-11/h5-7H,1-4H3. The van der Waals surface area contributed by atoms with E-state index in [1.54, 1.807) is 12.5 Å². The van der Waals surface area contributed by atoms with Crippen LogP contribution in [0.4, 0.5) is 5.69 Å². The van der Waals surface area contributed by atoms with E-state index in [0.717, 1.165) is 22.2 Å². The van der Waals surface area contributed by atoms with Gasteiger partial charge < -0.3 is 0 Å². The molecule has 0 fully saturated rings. The van der Waals surface area contributed by atoms with Gasteiger partial charge in [0.05, 0.1) is 11.2 Å². The number of fused-ring (bicyclic) bond motifs is 1. The molecule has 0 radical (unpaired) electrons. The normalized spacial score (nSPS) is 11.8. The smallest absolute Gasteiger partial charge is 0.116 e. The zero-order chi connectivity index (χ0) is 12.6. The number of rotatable bonds is 1. The summed E-state index contributed by atoms with van der Waals surface area (Å²) >= 11 is 0. The molecule has 0 amide bonds. The number of hydrogen-bond acceptors (Lipinski definition) is 4. The molecule has 1 heterocycles. The number of hydrogen-bond donors (Lipinski definition) is 0. The minimum atomic E-state index is -2.14. The van der Waals surface area contributed by atoms with Crippen LogP contribution in [-0.2, 0) is 9.73 Å². The van der Waals surface area contributed by atoms with Crippen LogP contribution in [0.1, 0.15) is 11.3 Å². The van der Waals surface area contributed by atoms with Crippen LogP contribution in [0.5, 0.6) is 0 Å². The Morgan fingerprint density at radius 2 is 1.88 bits per heavy atom. The average molecular weight is 249 g/mol. The molecule has 0 atom stereocenters. The molecule has 90 valence electrons. The Bertz CT molecular complexity index is 692. The van der Waals surface area contributed by atoms with E-state index < -0.39 is 9.73 Å². The van der Waals surface area contributed by atoms with Gasteiger partial charge in [-0.05, 0) is 31.5 Å². The van der Waals surface area contributed by atoms with E-state index in [1.807, 2.05) is 26.0 Å². The fourth-order valence-electron chi connectivity index (χ4n) is 1.87. The van der Waals surface area contributed by atoms with Gasteiger partial charge >= 0.3 is 0 Å². The SMILES string of the molecule is Cc1cc(N=S(C)(C)=O)cc2ncnc(C)c12. The zero-order valence-corrected chi connectivity index (χ0v) is 11.2. The first-order valence-corrected chi connectivity index (χ1v) is 7.59. The Balaban J connectivity index is 2.78. The van der Waals surface area contributed by atoms with Crippen molar-refractivity contribution in [3.63, 3.8) is 0 Å². The summed E-state index contributed by atoms with van der Waals surface area (Å²) in [7, 11) is -2.14. The lowest BCUT2D eigenvalue weighted by Crippen LogP contribution is -1.92. The van der Waals surface area contributed by atoms with Gasteiger partial charge in [-0.25, -0.2) is 14.2 Å². The second-order valence-electron chi connectivity index (χ2n) is 4.39. The van der Waals surface area contributed by atoms with Crippen LogP contribution in [0.3, 0.4) is 0 Å². The van der Waals surface area contributed by atoms with Crippen molar-refractivity contribution in [2.24, 2.45) is 4.36 Å². The molecule has 0 N–H and O–H groups in total. The van der Waals surface area contributed by atoms with Gasteiger partial charge in [0.25, 0.3) is 0 Å². The summed E-state index contributed by atoms with van der Waals surface area (Å²) in [6.07, 6.45) is 4.78. The number of aromatic nitrogens is 2. The minimum Gasteiger partial charge on any atom is -0.250 e. The molecule has 2 rings (SSSR count). The van der Waals surface area contributed by atoms with Crippen LogP contribution >= 0.6 is 0 Å². The largest absolute Gasteiger partial charge is 0.250 e. The van der Waals surface area contributed by atoms with Crippen molar-refractivity contribution < 1.29 is 4.21 Å². The number of nitrogens with zero attached hydrogens (tertiary/aromatic N) is 3. The van der Waals surface area contributed by atoms with Crippen molar-refractivity contribution in [1.29, 1.82) is 0 Å². The molecule has 4 nitrogen and oxygen atoms in total. The Labute approximate surface area is 101 Å². The van der Waals surface area contributed by atoms with Crippen molar-refractivity contribution in [2.75, 3.05) is 12.5 Å². The first kappa shape index (κ1) is 12.0. The zero-order valence-electron chi connectivity index (χ0n) is 10.4. The predicted molar refractivity (Wildman–Crippen MR) is 71.1 cm³/mol. The van der Waals surface area contributed by atoms with Gasteiger partial charge in [0.1, 0.15) is 6.33 Å². The summed E-state index contributed by atoms with van der Waals surface area (Å²) < 4.78 is 15.9. The Kier molecular flexibility index (Phi) is 2.87. The molecule has 1 aromatic carbocycles. The molecular formula is C12H15N3OS. The van der Waals surface area contributed by atoms with Crippen LogP contribution in [0.2, 0.25) is 0 Å². The quantitative estimate of drug-likeness (QED) is 0.780. The number of benzene rings is 1. The van der Waals surface area contributed by atoms with Crippen LogP contribution in [-0.4, -0.2) is 26.7 Å². The lowest BCUT2D eigenvalue weighted by Gasteiger charge is -2.06. The van der Waals surface area contributed by atoms with Crippen LogP contribution in [0, 0.1) is 13.8 Å². The Hall–Kier alpha value is -1.49. The summed E-state index contributed by atoms with van der Waals surface area (Å²) in [5.74, 6) is 0. The van der Waals surface area contributed by atoms with Crippen molar-refractivity contribution in [3.8, 4) is 0 Å². The first-order valence-electron chi connectivity index (χ1n) is 5.26. The first-order chi connectivity index (χ1) is 7.87. The Morgan fingerprint density at radius 3 is 2.53 bits per heavy atom. The fourth-order valence-corrected chi connectivity index (χ4v) is 2.48. The molecule has 0 bridgehead atoms. The second-order valence-corrected chi connectivity index (χ2v) is 6.93. The maximum Gasteiger partial charge on any atom is 0.116 e.